The number of rotatable bonds is 3. The number of nitrogens with two attached hydrogens (primary N) is 1. The summed E-state index contributed by atoms with van der Waals surface area (Å²) in [6, 6.07) is 4.73. The molecule has 0 aliphatic rings. The Morgan fingerprint density at radius 1 is 1.47 bits per heavy atom. The summed E-state index contributed by atoms with van der Waals surface area (Å²) >= 11 is 2.55. The molecule has 1 atom stereocenters. The van der Waals surface area contributed by atoms with Crippen molar-refractivity contribution in [1.82, 2.24) is 9.36 Å². The minimum absolute atomic E-state index is 0.206. The Kier molecular flexibility index (Phi) is 3.76. The topological polar surface area (TPSA) is 51.8 Å². The van der Waals surface area contributed by atoms with Gasteiger partial charge in [0.05, 0.1) is 4.90 Å². The van der Waals surface area contributed by atoms with Gasteiger partial charge in [-0.05, 0) is 37.0 Å². The van der Waals surface area contributed by atoms with Crippen molar-refractivity contribution in [2.45, 2.75) is 29.1 Å². The number of nitrogens with zero attached hydrogens (tertiary/aromatic N) is 2. The van der Waals surface area contributed by atoms with E-state index in [2.05, 4.69) is 9.36 Å². The molecule has 0 saturated heterocycles. The summed E-state index contributed by atoms with van der Waals surface area (Å²) in [4.78, 5) is 4.75. The summed E-state index contributed by atoms with van der Waals surface area (Å²) in [5.74, 6) is 0.439. The van der Waals surface area contributed by atoms with Crippen LogP contribution in [-0.4, -0.2) is 9.36 Å². The molecule has 2 aromatic rings. The average Bonchev–Trinajstić information content (AvgIpc) is 2.67. The van der Waals surface area contributed by atoms with Gasteiger partial charge in [-0.25, -0.2) is 9.37 Å². The molecule has 2 rings (SSSR count). The highest BCUT2D eigenvalue weighted by Crippen LogP contribution is 2.35. The van der Waals surface area contributed by atoms with Gasteiger partial charge in [-0.1, -0.05) is 23.9 Å². The molecule has 0 aliphatic carbocycles. The summed E-state index contributed by atoms with van der Waals surface area (Å²) < 4.78 is 18.6. The summed E-state index contributed by atoms with van der Waals surface area (Å²) in [6.45, 7) is 3.65. The lowest BCUT2D eigenvalue weighted by Crippen LogP contribution is -2.07. The molecular weight excluding hydrogens is 257 g/mol. The van der Waals surface area contributed by atoms with Crippen LogP contribution in [0.5, 0.6) is 0 Å². The van der Waals surface area contributed by atoms with Crippen LogP contribution in [0.3, 0.4) is 0 Å². The molecule has 0 spiro atoms. The van der Waals surface area contributed by atoms with Crippen LogP contribution in [0.15, 0.2) is 27.4 Å². The van der Waals surface area contributed by atoms with Gasteiger partial charge in [-0.3, -0.25) is 0 Å². The number of benzene rings is 1. The van der Waals surface area contributed by atoms with Gasteiger partial charge in [0.1, 0.15) is 11.6 Å². The Balaban J connectivity index is 2.37. The first-order chi connectivity index (χ1) is 8.08. The second-order valence-corrected chi connectivity index (χ2v) is 5.67. The van der Waals surface area contributed by atoms with Gasteiger partial charge < -0.3 is 5.73 Å². The van der Waals surface area contributed by atoms with Crippen molar-refractivity contribution in [2.24, 2.45) is 5.73 Å². The summed E-state index contributed by atoms with van der Waals surface area (Å²) in [6.07, 6.45) is 0. The van der Waals surface area contributed by atoms with E-state index in [4.69, 9.17) is 5.73 Å². The minimum atomic E-state index is -0.266. The summed E-state index contributed by atoms with van der Waals surface area (Å²) in [7, 11) is 0. The normalized spacial score (nSPS) is 12.7. The fourth-order valence-electron chi connectivity index (χ4n) is 1.40. The van der Waals surface area contributed by atoms with E-state index in [1.54, 1.807) is 6.07 Å². The third-order valence-corrected chi connectivity index (χ3v) is 4.16. The molecule has 17 heavy (non-hydrogen) atoms. The van der Waals surface area contributed by atoms with Crippen molar-refractivity contribution in [1.29, 1.82) is 0 Å². The molecule has 0 amide bonds. The van der Waals surface area contributed by atoms with E-state index >= 15 is 0 Å². The highest BCUT2D eigenvalue weighted by Gasteiger charge is 2.14. The van der Waals surface area contributed by atoms with Crippen molar-refractivity contribution in [3.8, 4) is 0 Å². The average molecular weight is 269 g/mol. The quantitative estimate of drug-likeness (QED) is 0.930. The molecule has 6 heteroatoms. The number of hydrogen-bond donors (Lipinski definition) is 1. The molecule has 1 aromatic carbocycles. The number of aromatic nitrogens is 2. The molecule has 1 heterocycles. The lowest BCUT2D eigenvalue weighted by Gasteiger charge is -2.11. The molecule has 0 saturated carbocycles. The molecule has 0 bridgehead atoms. The first-order valence-corrected chi connectivity index (χ1v) is 6.69. The Morgan fingerprint density at radius 3 is 2.82 bits per heavy atom. The molecule has 0 fully saturated rings. The zero-order valence-electron chi connectivity index (χ0n) is 9.48. The smallest absolute Gasteiger partial charge is 0.174 e. The molecular formula is C11H12FN3S2. The van der Waals surface area contributed by atoms with Crippen LogP contribution in [-0.2, 0) is 0 Å². The Bertz CT molecular complexity index is 525. The molecule has 90 valence electrons. The van der Waals surface area contributed by atoms with E-state index in [9.17, 15) is 4.39 Å². The van der Waals surface area contributed by atoms with E-state index in [1.165, 1.54) is 29.4 Å². The highest BCUT2D eigenvalue weighted by atomic mass is 32.2. The molecule has 0 unspecified atom stereocenters. The molecule has 1 aromatic heterocycles. The number of hydrogen-bond acceptors (Lipinski definition) is 5. The van der Waals surface area contributed by atoms with E-state index < -0.39 is 0 Å². The van der Waals surface area contributed by atoms with Crippen molar-refractivity contribution in [3.63, 3.8) is 0 Å². The Hall–Kier alpha value is -0.980. The van der Waals surface area contributed by atoms with Gasteiger partial charge in [0.25, 0.3) is 0 Å². The predicted octanol–water partition coefficient (Wildman–Crippen LogP) is 3.16. The van der Waals surface area contributed by atoms with Crippen molar-refractivity contribution < 1.29 is 4.39 Å². The summed E-state index contributed by atoms with van der Waals surface area (Å²) in [5, 5.41) is 0. The Morgan fingerprint density at radius 2 is 2.24 bits per heavy atom. The van der Waals surface area contributed by atoms with Gasteiger partial charge in [0.15, 0.2) is 4.34 Å². The maximum atomic E-state index is 13.8. The largest absolute Gasteiger partial charge is 0.324 e. The predicted molar refractivity (Wildman–Crippen MR) is 67.8 cm³/mol. The van der Waals surface area contributed by atoms with Crippen LogP contribution in [0, 0.1) is 12.7 Å². The number of halogens is 1. The van der Waals surface area contributed by atoms with Crippen LogP contribution in [0.4, 0.5) is 4.39 Å². The zero-order valence-corrected chi connectivity index (χ0v) is 11.1. The fraction of sp³-hybridized carbons (Fsp3) is 0.273. The maximum absolute atomic E-state index is 13.8. The van der Waals surface area contributed by atoms with Crippen molar-refractivity contribution in [2.75, 3.05) is 0 Å². The molecule has 0 radical (unpaired) electrons. The lowest BCUT2D eigenvalue weighted by atomic mass is 10.1. The van der Waals surface area contributed by atoms with Gasteiger partial charge in [0.2, 0.25) is 0 Å². The molecule has 2 N–H and O–H groups in total. The summed E-state index contributed by atoms with van der Waals surface area (Å²) in [5.41, 5.74) is 6.62. The lowest BCUT2D eigenvalue weighted by molar-refractivity contribution is 0.591. The van der Waals surface area contributed by atoms with Crippen molar-refractivity contribution in [3.05, 3.63) is 35.4 Å². The van der Waals surface area contributed by atoms with Crippen LogP contribution in [0.25, 0.3) is 0 Å². The van der Waals surface area contributed by atoms with Gasteiger partial charge in [-0.15, -0.1) is 0 Å². The monoisotopic (exact) mass is 269 g/mol. The SMILES string of the molecule is Cc1nsc(Sc2c(F)cccc2[C@H](C)N)n1. The third kappa shape index (κ3) is 2.83. The molecule has 3 nitrogen and oxygen atoms in total. The zero-order chi connectivity index (χ0) is 12.4. The first kappa shape index (κ1) is 12.5. The first-order valence-electron chi connectivity index (χ1n) is 5.10. The van der Waals surface area contributed by atoms with Crippen molar-refractivity contribution >= 4 is 23.3 Å². The van der Waals surface area contributed by atoms with Crippen LogP contribution in [0.1, 0.15) is 24.4 Å². The second kappa shape index (κ2) is 5.12. The highest BCUT2D eigenvalue weighted by molar-refractivity contribution is 8.01. The van der Waals surface area contributed by atoms with E-state index in [0.717, 1.165) is 9.90 Å². The van der Waals surface area contributed by atoms with E-state index in [-0.39, 0.29) is 11.9 Å². The van der Waals surface area contributed by atoms with Crippen LogP contribution >= 0.6 is 23.3 Å². The Labute approximate surface area is 107 Å². The van der Waals surface area contributed by atoms with Crippen LogP contribution < -0.4 is 5.73 Å². The third-order valence-electron chi connectivity index (χ3n) is 2.19. The van der Waals surface area contributed by atoms with E-state index in [0.29, 0.717) is 10.7 Å². The number of aryl methyl sites for hydroxylation is 1. The second-order valence-electron chi connectivity index (χ2n) is 3.66. The van der Waals surface area contributed by atoms with Crippen LogP contribution in [0.2, 0.25) is 0 Å². The fourth-order valence-corrected chi connectivity index (χ4v) is 3.22. The van der Waals surface area contributed by atoms with E-state index in [1.807, 2.05) is 19.9 Å². The molecule has 0 aliphatic heterocycles. The standard InChI is InChI=1S/C11H12FN3S2/c1-6(13)8-4-3-5-9(12)10(8)16-11-14-7(2)15-17-11/h3-6H,13H2,1-2H3/t6-/m0/s1. The maximum Gasteiger partial charge on any atom is 0.174 e. The van der Waals surface area contributed by atoms with Gasteiger partial charge in [0, 0.05) is 6.04 Å². The van der Waals surface area contributed by atoms with Gasteiger partial charge in [-0.2, -0.15) is 4.37 Å². The minimum Gasteiger partial charge on any atom is -0.324 e. The van der Waals surface area contributed by atoms with Gasteiger partial charge >= 0.3 is 0 Å².